The zero-order valence-electron chi connectivity index (χ0n) is 37.6. The Balaban J connectivity index is 1.19. The molecule has 2 bridgehead atoms. The van der Waals surface area contributed by atoms with Gasteiger partial charge in [0.1, 0.15) is 29.1 Å². The summed E-state index contributed by atoms with van der Waals surface area (Å²) in [5.74, 6) is 2.33. The fourth-order valence-corrected chi connectivity index (χ4v) is 10.8. The highest BCUT2D eigenvalue weighted by atomic mass is 35.5. The van der Waals surface area contributed by atoms with Crippen LogP contribution in [-0.2, 0) is 6.54 Å². The van der Waals surface area contributed by atoms with Crippen molar-refractivity contribution in [2.45, 2.75) is 57.9 Å². The molecule has 0 aliphatic carbocycles. The van der Waals surface area contributed by atoms with Gasteiger partial charge in [0.05, 0.1) is 24.2 Å². The first-order chi connectivity index (χ1) is 32.1. The molecule has 7 nitrogen and oxygen atoms in total. The summed E-state index contributed by atoms with van der Waals surface area (Å²) >= 11 is 7.26. The molecule has 330 valence electrons. The van der Waals surface area contributed by atoms with Crippen molar-refractivity contribution >= 4 is 22.5 Å². The number of nitrogens with zero attached hydrogens (tertiary/aromatic N) is 4. The minimum absolute atomic E-state index is 0.0794. The molecule has 5 heterocycles. The van der Waals surface area contributed by atoms with E-state index in [1.165, 1.54) is 5.56 Å². The molecular weight excluding hydrogens is 836 g/mol. The highest BCUT2D eigenvalue weighted by Crippen LogP contribution is 2.51. The van der Waals surface area contributed by atoms with Gasteiger partial charge in [-0.25, -0.2) is 4.98 Å². The lowest BCUT2D eigenvalue weighted by atomic mass is 9.71. The first-order valence-corrected chi connectivity index (χ1v) is 23.3. The van der Waals surface area contributed by atoms with Crippen LogP contribution in [0.3, 0.4) is 0 Å². The van der Waals surface area contributed by atoms with Crippen LogP contribution in [0, 0.1) is 11.8 Å². The van der Waals surface area contributed by atoms with E-state index in [9.17, 15) is 5.11 Å². The number of hydrogen-bond donors (Lipinski definition) is 0. The third kappa shape index (κ3) is 8.57. The smallest absolute Gasteiger partial charge is 0.227 e. The van der Waals surface area contributed by atoms with E-state index >= 15 is 0 Å². The second-order valence-electron chi connectivity index (χ2n) is 18.9. The van der Waals surface area contributed by atoms with Crippen molar-refractivity contribution in [2.24, 2.45) is 11.8 Å². The quantitative estimate of drug-likeness (QED) is 0.0691. The van der Waals surface area contributed by atoms with E-state index in [0.29, 0.717) is 34.3 Å². The van der Waals surface area contributed by atoms with Crippen LogP contribution in [0.25, 0.3) is 55.7 Å². The standard InChI is InChI=1S/C58H53ClN4O3/c1-5-39-37-63(36-38-32-47(40-18-10-6-11-19-40)53(66-58(2,3)4)48(33-38)41-20-12-7-13-21-41)31-29-44(39)34-51(63)54(46-28-30-60-50-27-26-45(64)35-49(46)50)65-57-52(42-22-14-8-15-23-42)55(59)61-56(62-57)43-24-16-9-17-25-43/h5-28,30,32-33,35,39,44,51,54H,1,29,31,34,36-37H2,2-4H3/t39-,44-,51+,54+,63?/m0/s1. The summed E-state index contributed by atoms with van der Waals surface area (Å²) in [7, 11) is 0. The Kier molecular flexibility index (Phi) is 11.7. The highest BCUT2D eigenvalue weighted by Gasteiger charge is 2.55. The van der Waals surface area contributed by atoms with Gasteiger partial charge < -0.3 is 19.1 Å². The van der Waals surface area contributed by atoms with Crippen LogP contribution in [0.5, 0.6) is 17.4 Å². The van der Waals surface area contributed by atoms with E-state index < -0.39 is 11.7 Å². The average molecular weight is 890 g/mol. The monoisotopic (exact) mass is 888 g/mol. The Labute approximate surface area is 392 Å². The van der Waals surface area contributed by atoms with Crippen molar-refractivity contribution in [3.05, 3.63) is 193 Å². The first-order valence-electron chi connectivity index (χ1n) is 22.9. The summed E-state index contributed by atoms with van der Waals surface area (Å²) < 4.78 is 15.3. The molecule has 0 spiro atoms. The molecule has 2 aromatic heterocycles. The Morgan fingerprint density at radius 1 is 0.773 bits per heavy atom. The Morgan fingerprint density at radius 3 is 1.98 bits per heavy atom. The topological polar surface area (TPSA) is 80.2 Å². The normalized spacial score (nSPS) is 19.6. The molecule has 0 saturated carbocycles. The largest absolute Gasteiger partial charge is 0.872 e. The van der Waals surface area contributed by atoms with Gasteiger partial charge >= 0.3 is 0 Å². The van der Waals surface area contributed by atoms with Gasteiger partial charge in [-0.15, -0.1) is 12.3 Å². The van der Waals surface area contributed by atoms with Gasteiger partial charge in [0.2, 0.25) is 5.88 Å². The molecular formula is C58H53ClN4O3. The van der Waals surface area contributed by atoms with Crippen LogP contribution >= 0.6 is 11.6 Å². The number of ether oxygens (including phenoxy) is 2. The van der Waals surface area contributed by atoms with Crippen LogP contribution in [0.2, 0.25) is 5.15 Å². The number of halogens is 1. The highest BCUT2D eigenvalue weighted by molar-refractivity contribution is 6.32. The summed E-state index contributed by atoms with van der Waals surface area (Å²) in [5.41, 5.74) is 8.95. The molecule has 5 atom stereocenters. The van der Waals surface area contributed by atoms with E-state index in [1.54, 1.807) is 12.1 Å². The lowest BCUT2D eigenvalue weighted by Crippen LogP contribution is -2.68. The first kappa shape index (κ1) is 43.1. The molecule has 1 unspecified atom stereocenters. The van der Waals surface area contributed by atoms with Crippen LogP contribution in [-0.4, -0.2) is 44.2 Å². The lowest BCUT2D eigenvalue weighted by molar-refractivity contribution is -0.984. The average Bonchev–Trinajstić information content (AvgIpc) is 3.34. The number of benzene rings is 6. The van der Waals surface area contributed by atoms with E-state index in [1.807, 2.05) is 79.0 Å². The molecule has 11 rings (SSSR count). The van der Waals surface area contributed by atoms with Gasteiger partial charge in [0.25, 0.3) is 0 Å². The fraction of sp³-hybridized carbons (Fsp3) is 0.224. The number of aromatic nitrogens is 3. The molecule has 3 fully saturated rings. The minimum atomic E-state index is -0.575. The van der Waals surface area contributed by atoms with Crippen molar-refractivity contribution in [1.82, 2.24) is 15.0 Å². The maximum Gasteiger partial charge on any atom is 0.227 e. The Bertz CT molecular complexity index is 2960. The molecule has 0 amide bonds. The number of quaternary nitrogens is 1. The molecule has 0 N–H and O–H groups in total. The van der Waals surface area contributed by atoms with Gasteiger partial charge in [0, 0.05) is 58.2 Å². The summed E-state index contributed by atoms with van der Waals surface area (Å²) in [6.07, 6.45) is 5.35. The third-order valence-corrected chi connectivity index (χ3v) is 13.7. The van der Waals surface area contributed by atoms with Crippen molar-refractivity contribution < 1.29 is 19.1 Å². The van der Waals surface area contributed by atoms with Gasteiger partial charge in [0.15, 0.2) is 11.9 Å². The summed E-state index contributed by atoms with van der Waals surface area (Å²) in [6, 6.07) is 52.7. The molecule has 3 aliphatic heterocycles. The van der Waals surface area contributed by atoms with Crippen molar-refractivity contribution in [2.75, 3.05) is 13.1 Å². The third-order valence-electron chi connectivity index (χ3n) is 13.5. The van der Waals surface area contributed by atoms with Gasteiger partial charge in [-0.1, -0.05) is 151 Å². The molecule has 8 heteroatoms. The number of piperidine rings is 3. The van der Waals surface area contributed by atoms with Crippen LogP contribution in [0.1, 0.15) is 50.8 Å². The van der Waals surface area contributed by atoms with Crippen molar-refractivity contribution in [1.29, 1.82) is 0 Å². The van der Waals surface area contributed by atoms with E-state index in [4.69, 9.17) is 36.0 Å². The minimum Gasteiger partial charge on any atom is -0.872 e. The van der Waals surface area contributed by atoms with Crippen LogP contribution in [0.4, 0.5) is 0 Å². The van der Waals surface area contributed by atoms with Crippen LogP contribution < -0.4 is 14.6 Å². The zero-order valence-corrected chi connectivity index (χ0v) is 38.4. The molecule has 3 saturated heterocycles. The van der Waals surface area contributed by atoms with Crippen LogP contribution in [0.15, 0.2) is 177 Å². The number of rotatable bonds is 12. The van der Waals surface area contributed by atoms with E-state index in [0.717, 1.165) is 92.6 Å². The molecule has 66 heavy (non-hydrogen) atoms. The van der Waals surface area contributed by atoms with E-state index in [2.05, 4.69) is 106 Å². The van der Waals surface area contributed by atoms with Gasteiger partial charge in [-0.3, -0.25) is 4.98 Å². The maximum absolute atomic E-state index is 13.3. The van der Waals surface area contributed by atoms with Gasteiger partial charge in [-0.05, 0) is 67.6 Å². The van der Waals surface area contributed by atoms with Crippen molar-refractivity contribution in [3.8, 4) is 62.1 Å². The Hall–Kier alpha value is -6.80. The second-order valence-corrected chi connectivity index (χ2v) is 19.2. The predicted molar refractivity (Wildman–Crippen MR) is 264 cm³/mol. The zero-order chi connectivity index (χ0) is 45.4. The summed E-state index contributed by atoms with van der Waals surface area (Å²) in [5, 5.41) is 14.3. The maximum atomic E-state index is 13.3. The molecule has 6 aromatic carbocycles. The van der Waals surface area contributed by atoms with Gasteiger partial charge in [-0.2, -0.15) is 4.98 Å². The number of hydrogen-bond acceptors (Lipinski definition) is 6. The predicted octanol–water partition coefficient (Wildman–Crippen LogP) is 13.3. The molecule has 8 aromatic rings. The number of fused-ring (bicyclic) bond motifs is 4. The second kappa shape index (κ2) is 17.9. The fourth-order valence-electron chi connectivity index (χ4n) is 10.5. The molecule has 0 radical (unpaired) electrons. The lowest BCUT2D eigenvalue weighted by Gasteiger charge is -2.58. The Morgan fingerprint density at radius 2 is 1.38 bits per heavy atom. The number of pyridine rings is 1. The summed E-state index contributed by atoms with van der Waals surface area (Å²) in [6.45, 7) is 13.3. The molecule has 3 aliphatic rings. The van der Waals surface area contributed by atoms with E-state index in [-0.39, 0.29) is 11.8 Å². The summed E-state index contributed by atoms with van der Waals surface area (Å²) in [4.78, 5) is 14.8. The van der Waals surface area contributed by atoms with Crippen molar-refractivity contribution in [3.63, 3.8) is 0 Å². The SMILES string of the molecule is C=C[C@H]1C[N+]2(Cc3cc(-c4ccccc4)c(OC(C)(C)C)c(-c4ccccc4)c3)CC[C@H]1C[C@@H]2[C@H](Oc1nc(-c2ccccc2)nc(Cl)c1-c1ccccc1)c1ccnc2ccc([O-])cc12.